The molecule has 0 aliphatic heterocycles. The molecule has 0 saturated heterocycles. The molecule has 0 atom stereocenters. The lowest BCUT2D eigenvalue weighted by atomic mass is 10.1. The predicted octanol–water partition coefficient (Wildman–Crippen LogP) is 5.28. The van der Waals surface area contributed by atoms with Crippen molar-refractivity contribution in [1.29, 1.82) is 0 Å². The molecule has 5 nitrogen and oxygen atoms in total. The van der Waals surface area contributed by atoms with Crippen molar-refractivity contribution in [2.45, 2.75) is 6.54 Å². The van der Waals surface area contributed by atoms with Crippen LogP contribution in [0.4, 0.5) is 5.82 Å². The number of pyridine rings is 1. The van der Waals surface area contributed by atoms with Gasteiger partial charge in [0.2, 0.25) is 0 Å². The first-order valence-electron chi connectivity index (χ1n) is 8.87. The molecule has 0 fully saturated rings. The number of hydrogen-bond donors (Lipinski definition) is 1. The molecule has 142 valence electrons. The third kappa shape index (κ3) is 3.49. The van der Waals surface area contributed by atoms with Crippen LogP contribution in [0.3, 0.4) is 0 Å². The lowest BCUT2D eigenvalue weighted by Gasteiger charge is -2.11. The van der Waals surface area contributed by atoms with E-state index in [4.69, 9.17) is 26.1 Å². The highest BCUT2D eigenvalue weighted by Crippen LogP contribution is 2.36. The predicted molar refractivity (Wildman–Crippen MR) is 113 cm³/mol. The van der Waals surface area contributed by atoms with Crippen molar-refractivity contribution >= 4 is 23.1 Å². The molecule has 0 bridgehead atoms. The van der Waals surface area contributed by atoms with E-state index in [1.54, 1.807) is 14.2 Å². The Bertz CT molecular complexity index is 1110. The SMILES string of the molecule is COc1ccc(-c2nc3ccc(Cl)cn3c2NCc2ccccc2)cc1OC. The van der Waals surface area contributed by atoms with Gasteiger partial charge in [-0.25, -0.2) is 4.98 Å². The molecule has 2 heterocycles. The maximum Gasteiger partial charge on any atom is 0.161 e. The molecule has 0 saturated carbocycles. The second kappa shape index (κ2) is 7.82. The van der Waals surface area contributed by atoms with Crippen molar-refractivity contribution in [2.75, 3.05) is 19.5 Å². The van der Waals surface area contributed by atoms with Crippen LogP contribution in [0, 0.1) is 0 Å². The van der Waals surface area contributed by atoms with Gasteiger partial charge in [0.1, 0.15) is 17.2 Å². The number of hydrogen-bond acceptors (Lipinski definition) is 4. The largest absolute Gasteiger partial charge is 0.493 e. The Balaban J connectivity index is 1.81. The minimum atomic E-state index is 0.645. The van der Waals surface area contributed by atoms with Crippen molar-refractivity contribution in [3.63, 3.8) is 0 Å². The van der Waals surface area contributed by atoms with Gasteiger partial charge in [0, 0.05) is 18.3 Å². The van der Waals surface area contributed by atoms with E-state index in [1.165, 1.54) is 5.56 Å². The summed E-state index contributed by atoms with van der Waals surface area (Å²) in [6, 6.07) is 19.7. The number of anilines is 1. The third-order valence-corrected chi connectivity index (χ3v) is 4.77. The van der Waals surface area contributed by atoms with Gasteiger partial charge in [-0.15, -0.1) is 0 Å². The second-order valence-electron chi connectivity index (χ2n) is 6.29. The number of nitrogens with zero attached hydrogens (tertiary/aromatic N) is 2. The van der Waals surface area contributed by atoms with E-state index in [0.29, 0.717) is 23.1 Å². The van der Waals surface area contributed by atoms with Crippen LogP contribution in [0.1, 0.15) is 5.56 Å². The summed E-state index contributed by atoms with van der Waals surface area (Å²) < 4.78 is 12.8. The van der Waals surface area contributed by atoms with Crippen LogP contribution in [0.5, 0.6) is 11.5 Å². The Kier molecular flexibility index (Phi) is 5.08. The van der Waals surface area contributed by atoms with Crippen molar-refractivity contribution < 1.29 is 9.47 Å². The molecule has 0 unspecified atom stereocenters. The van der Waals surface area contributed by atoms with Crippen LogP contribution >= 0.6 is 11.6 Å². The first-order valence-corrected chi connectivity index (χ1v) is 9.25. The van der Waals surface area contributed by atoms with E-state index >= 15 is 0 Å². The van der Waals surface area contributed by atoms with E-state index in [0.717, 1.165) is 22.7 Å². The number of ether oxygens (including phenoxy) is 2. The molecule has 4 rings (SSSR count). The van der Waals surface area contributed by atoms with E-state index in [1.807, 2.05) is 59.1 Å². The Morgan fingerprint density at radius 2 is 1.75 bits per heavy atom. The number of benzene rings is 2. The first kappa shape index (κ1) is 18.2. The Morgan fingerprint density at radius 1 is 0.964 bits per heavy atom. The summed E-state index contributed by atoms with van der Waals surface area (Å²) in [6.45, 7) is 0.668. The lowest BCUT2D eigenvalue weighted by Crippen LogP contribution is -2.03. The summed E-state index contributed by atoms with van der Waals surface area (Å²) in [5, 5.41) is 4.16. The molecule has 1 N–H and O–H groups in total. The fourth-order valence-corrected chi connectivity index (χ4v) is 3.31. The number of nitrogens with one attached hydrogen (secondary N) is 1. The van der Waals surface area contributed by atoms with E-state index in [-0.39, 0.29) is 0 Å². The highest BCUT2D eigenvalue weighted by atomic mass is 35.5. The fraction of sp³-hybridized carbons (Fsp3) is 0.136. The summed E-state index contributed by atoms with van der Waals surface area (Å²) in [5.41, 5.74) is 3.73. The van der Waals surface area contributed by atoms with Crippen molar-refractivity contribution in [3.8, 4) is 22.8 Å². The molecular weight excluding hydrogens is 374 g/mol. The Morgan fingerprint density at radius 3 is 2.50 bits per heavy atom. The van der Waals surface area contributed by atoms with Crippen LogP contribution < -0.4 is 14.8 Å². The maximum atomic E-state index is 6.24. The van der Waals surface area contributed by atoms with Crippen molar-refractivity contribution in [3.05, 3.63) is 77.4 Å². The first-order chi connectivity index (χ1) is 13.7. The average Bonchev–Trinajstić information content (AvgIpc) is 3.10. The van der Waals surface area contributed by atoms with Gasteiger partial charge in [0.05, 0.1) is 19.2 Å². The molecule has 0 spiro atoms. The van der Waals surface area contributed by atoms with Crippen molar-refractivity contribution in [1.82, 2.24) is 9.38 Å². The topological polar surface area (TPSA) is 47.8 Å². The van der Waals surface area contributed by atoms with Crippen LogP contribution in [0.25, 0.3) is 16.9 Å². The molecule has 0 radical (unpaired) electrons. The molecule has 2 aromatic carbocycles. The number of halogens is 1. The van der Waals surface area contributed by atoms with Gasteiger partial charge in [-0.1, -0.05) is 41.9 Å². The van der Waals surface area contributed by atoms with Gasteiger partial charge in [-0.05, 0) is 35.9 Å². The normalized spacial score (nSPS) is 10.8. The second-order valence-corrected chi connectivity index (χ2v) is 6.73. The maximum absolute atomic E-state index is 6.24. The zero-order valence-corrected chi connectivity index (χ0v) is 16.4. The zero-order valence-electron chi connectivity index (χ0n) is 15.6. The lowest BCUT2D eigenvalue weighted by molar-refractivity contribution is 0.355. The van der Waals surface area contributed by atoms with E-state index in [2.05, 4.69) is 17.4 Å². The molecule has 28 heavy (non-hydrogen) atoms. The minimum absolute atomic E-state index is 0.645. The van der Waals surface area contributed by atoms with Gasteiger partial charge in [-0.2, -0.15) is 0 Å². The van der Waals surface area contributed by atoms with Crippen LogP contribution in [-0.4, -0.2) is 23.6 Å². The van der Waals surface area contributed by atoms with Crippen LogP contribution in [-0.2, 0) is 6.54 Å². The number of rotatable bonds is 6. The van der Waals surface area contributed by atoms with Gasteiger partial charge in [0.15, 0.2) is 11.5 Å². The van der Waals surface area contributed by atoms with Gasteiger partial charge in [0.25, 0.3) is 0 Å². The molecule has 6 heteroatoms. The van der Waals surface area contributed by atoms with E-state index < -0.39 is 0 Å². The quantitative estimate of drug-likeness (QED) is 0.484. The highest BCUT2D eigenvalue weighted by molar-refractivity contribution is 6.30. The molecule has 0 amide bonds. The van der Waals surface area contributed by atoms with Gasteiger partial charge >= 0.3 is 0 Å². The number of fused-ring (bicyclic) bond motifs is 1. The fourth-order valence-electron chi connectivity index (χ4n) is 3.15. The van der Waals surface area contributed by atoms with Gasteiger partial charge in [-0.3, -0.25) is 4.40 Å². The molecule has 4 aromatic rings. The average molecular weight is 394 g/mol. The summed E-state index contributed by atoms with van der Waals surface area (Å²) >= 11 is 6.24. The summed E-state index contributed by atoms with van der Waals surface area (Å²) in [4.78, 5) is 4.81. The molecular formula is C22H20ClN3O2. The van der Waals surface area contributed by atoms with Crippen LogP contribution in [0.15, 0.2) is 66.9 Å². The number of methoxy groups -OCH3 is 2. The molecule has 0 aliphatic carbocycles. The third-order valence-electron chi connectivity index (χ3n) is 4.54. The molecule has 0 aliphatic rings. The van der Waals surface area contributed by atoms with Crippen molar-refractivity contribution in [2.24, 2.45) is 0 Å². The summed E-state index contributed by atoms with van der Waals surface area (Å²) in [6.07, 6.45) is 1.86. The standard InChI is InChI=1S/C22H20ClN3O2/c1-27-18-10-8-16(12-19(18)28-2)21-22(24-13-15-6-4-3-5-7-15)26-14-17(23)9-11-20(26)25-21/h3-12,14,24H,13H2,1-2H3. The van der Waals surface area contributed by atoms with Crippen LogP contribution in [0.2, 0.25) is 5.02 Å². The monoisotopic (exact) mass is 393 g/mol. The summed E-state index contributed by atoms with van der Waals surface area (Å²) in [7, 11) is 3.25. The number of imidazole rings is 1. The number of aromatic nitrogens is 2. The minimum Gasteiger partial charge on any atom is -0.493 e. The zero-order chi connectivity index (χ0) is 19.5. The Labute approximate surface area is 168 Å². The van der Waals surface area contributed by atoms with Gasteiger partial charge < -0.3 is 14.8 Å². The Hall–Kier alpha value is -3.18. The smallest absolute Gasteiger partial charge is 0.161 e. The molecule has 2 aromatic heterocycles. The summed E-state index contributed by atoms with van der Waals surface area (Å²) in [5.74, 6) is 2.20. The highest BCUT2D eigenvalue weighted by Gasteiger charge is 2.16. The van der Waals surface area contributed by atoms with E-state index in [9.17, 15) is 0 Å².